The number of benzene rings is 3. The van der Waals surface area contributed by atoms with E-state index in [2.05, 4.69) is 85.5 Å². The fraction of sp³-hybridized carbons (Fsp3) is 0.259. The van der Waals surface area contributed by atoms with Crippen molar-refractivity contribution in [3.05, 3.63) is 96.6 Å². The Morgan fingerprint density at radius 3 is 2.00 bits per heavy atom. The molecule has 0 radical (unpaired) electrons. The first kappa shape index (κ1) is 17.8. The van der Waals surface area contributed by atoms with Gasteiger partial charge in [-0.2, -0.15) is 0 Å². The molecule has 1 saturated carbocycles. The fourth-order valence-corrected chi connectivity index (χ4v) is 4.63. The number of rotatable bonds is 5. The average Bonchev–Trinajstić information content (AvgIpc) is 2.75. The molecule has 1 fully saturated rings. The fourth-order valence-electron chi connectivity index (χ4n) is 4.63. The number of hydrogen-bond acceptors (Lipinski definition) is 0. The molecule has 0 aromatic heterocycles. The third kappa shape index (κ3) is 3.76. The van der Waals surface area contributed by atoms with Crippen molar-refractivity contribution in [1.82, 2.24) is 0 Å². The molecule has 0 heterocycles. The molecule has 0 heteroatoms. The summed E-state index contributed by atoms with van der Waals surface area (Å²) >= 11 is 0. The minimum absolute atomic E-state index is 0.660. The molecule has 0 bridgehead atoms. The molecule has 3 aromatic carbocycles. The van der Waals surface area contributed by atoms with E-state index >= 15 is 0 Å². The maximum atomic E-state index is 4.03. The lowest BCUT2D eigenvalue weighted by Crippen LogP contribution is -2.10. The van der Waals surface area contributed by atoms with Crippen molar-refractivity contribution in [2.24, 2.45) is 0 Å². The summed E-state index contributed by atoms with van der Waals surface area (Å²) in [6.45, 7) is 4.03. The Morgan fingerprint density at radius 2 is 1.37 bits per heavy atom. The van der Waals surface area contributed by atoms with Crippen LogP contribution in [-0.4, -0.2) is 0 Å². The summed E-state index contributed by atoms with van der Waals surface area (Å²) < 4.78 is 0. The summed E-state index contributed by atoms with van der Waals surface area (Å²) in [6.07, 6.45) is 9.69. The Labute approximate surface area is 163 Å². The summed E-state index contributed by atoms with van der Waals surface area (Å²) in [5.74, 6) is 0.660. The van der Waals surface area contributed by atoms with Crippen molar-refractivity contribution in [3.8, 4) is 22.3 Å². The van der Waals surface area contributed by atoms with Gasteiger partial charge in [-0.1, -0.05) is 98.1 Å². The Bertz CT molecular complexity index is 884. The maximum absolute atomic E-state index is 4.03. The Hall–Kier alpha value is -2.60. The predicted octanol–water partition coefficient (Wildman–Crippen LogP) is 7.80. The van der Waals surface area contributed by atoms with Crippen LogP contribution in [0.1, 0.15) is 49.1 Å². The monoisotopic (exact) mass is 352 g/mol. The topological polar surface area (TPSA) is 0 Å². The normalized spacial score (nSPS) is 14.8. The first-order valence-electron chi connectivity index (χ1n) is 10.3. The zero-order chi connectivity index (χ0) is 18.5. The molecule has 136 valence electrons. The largest absolute Gasteiger partial charge is 0.103 e. The van der Waals surface area contributed by atoms with Gasteiger partial charge >= 0.3 is 0 Å². The van der Waals surface area contributed by atoms with Gasteiger partial charge in [0.1, 0.15) is 0 Å². The van der Waals surface area contributed by atoms with Crippen LogP contribution < -0.4 is 0 Å². The first-order valence-corrected chi connectivity index (χ1v) is 10.3. The lowest BCUT2D eigenvalue weighted by atomic mass is 9.76. The SMILES string of the molecule is C=CCc1ccc(-c2ccccc2)c(-c2ccccc2)c1C1CCCCC1. The third-order valence-corrected chi connectivity index (χ3v) is 5.86. The van der Waals surface area contributed by atoms with Gasteiger partial charge in [-0.25, -0.2) is 0 Å². The van der Waals surface area contributed by atoms with E-state index in [0.29, 0.717) is 5.92 Å². The Kier molecular flexibility index (Phi) is 5.53. The van der Waals surface area contributed by atoms with Crippen molar-refractivity contribution in [2.45, 2.75) is 44.4 Å². The molecule has 0 unspecified atom stereocenters. The summed E-state index contributed by atoms with van der Waals surface area (Å²) in [5.41, 5.74) is 8.46. The highest BCUT2D eigenvalue weighted by molar-refractivity contribution is 5.87. The lowest BCUT2D eigenvalue weighted by molar-refractivity contribution is 0.443. The molecule has 0 nitrogen and oxygen atoms in total. The molecular weight excluding hydrogens is 324 g/mol. The van der Waals surface area contributed by atoms with Gasteiger partial charge in [-0.3, -0.25) is 0 Å². The molecule has 4 rings (SSSR count). The Balaban J connectivity index is 1.99. The molecular formula is C27H28. The van der Waals surface area contributed by atoms with Gasteiger partial charge < -0.3 is 0 Å². The van der Waals surface area contributed by atoms with Gasteiger partial charge in [-0.15, -0.1) is 6.58 Å². The van der Waals surface area contributed by atoms with Crippen LogP contribution in [0.3, 0.4) is 0 Å². The van der Waals surface area contributed by atoms with Crippen molar-refractivity contribution in [2.75, 3.05) is 0 Å². The third-order valence-electron chi connectivity index (χ3n) is 5.86. The molecule has 0 spiro atoms. The van der Waals surface area contributed by atoms with E-state index in [9.17, 15) is 0 Å². The number of allylic oxidation sites excluding steroid dienone is 1. The van der Waals surface area contributed by atoms with Crippen LogP contribution in [0.15, 0.2) is 85.5 Å². The quantitative estimate of drug-likeness (QED) is 0.411. The maximum Gasteiger partial charge on any atom is -0.00676 e. The summed E-state index contributed by atoms with van der Waals surface area (Å²) in [5, 5.41) is 0. The van der Waals surface area contributed by atoms with Gasteiger partial charge in [0.15, 0.2) is 0 Å². The molecule has 0 saturated heterocycles. The molecule has 0 atom stereocenters. The molecule has 1 aliphatic carbocycles. The predicted molar refractivity (Wildman–Crippen MR) is 117 cm³/mol. The highest BCUT2D eigenvalue weighted by Gasteiger charge is 2.24. The van der Waals surface area contributed by atoms with E-state index in [1.54, 1.807) is 5.56 Å². The van der Waals surface area contributed by atoms with E-state index in [1.165, 1.54) is 59.9 Å². The van der Waals surface area contributed by atoms with E-state index in [1.807, 2.05) is 0 Å². The van der Waals surface area contributed by atoms with Crippen LogP contribution in [0.2, 0.25) is 0 Å². The standard InChI is InChI=1S/C27H28/c1-2-12-22-19-20-25(21-13-6-3-7-14-21)27(24-17-10-5-11-18-24)26(22)23-15-8-4-9-16-23/h2-3,5-7,10-11,13-14,17-20,23H,1,4,8-9,12,15-16H2. The van der Waals surface area contributed by atoms with E-state index < -0.39 is 0 Å². The van der Waals surface area contributed by atoms with Crippen molar-refractivity contribution < 1.29 is 0 Å². The smallest absolute Gasteiger partial charge is 0.00676 e. The number of hydrogen-bond donors (Lipinski definition) is 0. The minimum atomic E-state index is 0.660. The van der Waals surface area contributed by atoms with Gasteiger partial charge in [0.25, 0.3) is 0 Å². The average molecular weight is 353 g/mol. The summed E-state index contributed by atoms with van der Waals surface area (Å²) in [7, 11) is 0. The second-order valence-corrected chi connectivity index (χ2v) is 7.62. The molecule has 1 aliphatic rings. The molecule has 0 N–H and O–H groups in total. The van der Waals surface area contributed by atoms with Crippen LogP contribution in [0, 0.1) is 0 Å². The van der Waals surface area contributed by atoms with E-state index in [0.717, 1.165) is 6.42 Å². The van der Waals surface area contributed by atoms with E-state index in [4.69, 9.17) is 0 Å². The van der Waals surface area contributed by atoms with Crippen LogP contribution in [0.4, 0.5) is 0 Å². The van der Waals surface area contributed by atoms with Crippen molar-refractivity contribution in [1.29, 1.82) is 0 Å². The van der Waals surface area contributed by atoms with Crippen molar-refractivity contribution >= 4 is 0 Å². The highest BCUT2D eigenvalue weighted by Crippen LogP contribution is 2.44. The summed E-state index contributed by atoms with van der Waals surface area (Å²) in [6, 6.07) is 26.5. The highest BCUT2D eigenvalue weighted by atomic mass is 14.3. The van der Waals surface area contributed by atoms with Crippen LogP contribution in [-0.2, 0) is 6.42 Å². The zero-order valence-corrected chi connectivity index (χ0v) is 16.0. The van der Waals surface area contributed by atoms with Crippen LogP contribution in [0.5, 0.6) is 0 Å². The van der Waals surface area contributed by atoms with Gasteiger partial charge in [-0.05, 0) is 58.6 Å². The lowest BCUT2D eigenvalue weighted by Gasteiger charge is -2.29. The first-order chi connectivity index (χ1) is 13.4. The second-order valence-electron chi connectivity index (χ2n) is 7.62. The summed E-state index contributed by atoms with van der Waals surface area (Å²) in [4.78, 5) is 0. The molecule has 0 aliphatic heterocycles. The van der Waals surface area contributed by atoms with Crippen LogP contribution in [0.25, 0.3) is 22.3 Å². The minimum Gasteiger partial charge on any atom is -0.103 e. The van der Waals surface area contributed by atoms with E-state index in [-0.39, 0.29) is 0 Å². The molecule has 0 amide bonds. The van der Waals surface area contributed by atoms with Crippen LogP contribution >= 0.6 is 0 Å². The zero-order valence-electron chi connectivity index (χ0n) is 16.0. The Morgan fingerprint density at radius 1 is 0.741 bits per heavy atom. The van der Waals surface area contributed by atoms with Gasteiger partial charge in [0.05, 0.1) is 0 Å². The van der Waals surface area contributed by atoms with Gasteiger partial charge in [0.2, 0.25) is 0 Å². The second kappa shape index (κ2) is 8.39. The molecule has 3 aromatic rings. The van der Waals surface area contributed by atoms with Crippen molar-refractivity contribution in [3.63, 3.8) is 0 Å². The van der Waals surface area contributed by atoms with Gasteiger partial charge in [0, 0.05) is 0 Å². The molecule has 27 heavy (non-hydrogen) atoms.